The second-order valence-corrected chi connectivity index (χ2v) is 8.31. The normalized spacial score (nSPS) is 18.3. The summed E-state index contributed by atoms with van der Waals surface area (Å²) in [5.41, 5.74) is 2.25. The molecule has 2 fully saturated rings. The first-order valence-electron chi connectivity index (χ1n) is 10.4. The maximum atomic E-state index is 9.86. The predicted octanol–water partition coefficient (Wildman–Crippen LogP) is 4.47. The van der Waals surface area contributed by atoms with Crippen molar-refractivity contribution in [1.29, 1.82) is 0 Å². The van der Waals surface area contributed by atoms with Gasteiger partial charge in [-0.2, -0.15) is 0 Å². The van der Waals surface area contributed by atoms with Crippen molar-refractivity contribution in [3.8, 4) is 23.0 Å². The van der Waals surface area contributed by atoms with Gasteiger partial charge >= 0.3 is 0 Å². The van der Waals surface area contributed by atoms with E-state index in [2.05, 4.69) is 0 Å². The van der Waals surface area contributed by atoms with Gasteiger partial charge in [0, 0.05) is 0 Å². The Bertz CT molecular complexity index is 772. The summed E-state index contributed by atoms with van der Waals surface area (Å²) in [4.78, 5) is 0. The van der Waals surface area contributed by atoms with Gasteiger partial charge in [-0.15, -0.1) is 0 Å². The summed E-state index contributed by atoms with van der Waals surface area (Å²) in [7, 11) is 3.14. The number of ether oxygens (including phenoxy) is 3. The van der Waals surface area contributed by atoms with Crippen LogP contribution in [0.5, 0.6) is 23.0 Å². The Morgan fingerprint density at radius 2 is 1.17 bits per heavy atom. The standard InChI is InChI=1S/C24H30O5/c1-27-23-13-15(3-9-19(23)25)11-21(17-5-6-17)29-22(18-7-8-18)12-16-4-10-20(26)24(14-16)28-2/h3-4,9-10,13-14,17-18,21-22,25-26H,5-8,11-12H2,1-2H3. The van der Waals surface area contributed by atoms with Gasteiger partial charge < -0.3 is 24.4 Å². The van der Waals surface area contributed by atoms with Crippen LogP contribution in [0, 0.1) is 11.8 Å². The molecule has 2 N–H and O–H groups in total. The van der Waals surface area contributed by atoms with Crippen LogP contribution in [0.3, 0.4) is 0 Å². The molecule has 0 amide bonds. The van der Waals surface area contributed by atoms with Gasteiger partial charge in [0.25, 0.3) is 0 Å². The molecule has 0 aromatic heterocycles. The van der Waals surface area contributed by atoms with Crippen LogP contribution in [0.15, 0.2) is 36.4 Å². The minimum absolute atomic E-state index is 0.164. The van der Waals surface area contributed by atoms with Gasteiger partial charge in [-0.3, -0.25) is 0 Å². The van der Waals surface area contributed by atoms with E-state index in [4.69, 9.17) is 14.2 Å². The highest BCUT2D eigenvalue weighted by Crippen LogP contribution is 2.42. The number of phenols is 2. The van der Waals surface area contributed by atoms with Crippen LogP contribution in [0.25, 0.3) is 0 Å². The highest BCUT2D eigenvalue weighted by Gasteiger charge is 2.38. The smallest absolute Gasteiger partial charge is 0.160 e. The van der Waals surface area contributed by atoms with E-state index in [1.165, 1.54) is 25.7 Å². The maximum Gasteiger partial charge on any atom is 0.160 e. The molecular formula is C24H30O5. The molecule has 0 aliphatic heterocycles. The zero-order valence-corrected chi connectivity index (χ0v) is 17.1. The lowest BCUT2D eigenvalue weighted by atomic mass is 10.0. The van der Waals surface area contributed by atoms with E-state index in [9.17, 15) is 10.2 Å². The van der Waals surface area contributed by atoms with Crippen molar-refractivity contribution in [3.63, 3.8) is 0 Å². The molecule has 5 nitrogen and oxygen atoms in total. The van der Waals surface area contributed by atoms with E-state index >= 15 is 0 Å². The van der Waals surface area contributed by atoms with E-state index < -0.39 is 0 Å². The summed E-state index contributed by atoms with van der Waals surface area (Å²) in [6.07, 6.45) is 6.85. The second kappa shape index (κ2) is 8.54. The zero-order chi connectivity index (χ0) is 20.4. The molecule has 2 aliphatic carbocycles. The second-order valence-electron chi connectivity index (χ2n) is 8.31. The third-order valence-corrected chi connectivity index (χ3v) is 6.01. The minimum atomic E-state index is 0.164. The maximum absolute atomic E-state index is 9.86. The SMILES string of the molecule is COc1cc(CC(OC(Cc2ccc(O)c(OC)c2)C2CC2)C2CC2)ccc1O. The van der Waals surface area contributed by atoms with Gasteiger partial charge in [-0.1, -0.05) is 12.1 Å². The van der Waals surface area contributed by atoms with Crippen molar-refractivity contribution in [2.45, 2.75) is 50.7 Å². The third-order valence-electron chi connectivity index (χ3n) is 6.01. The quantitative estimate of drug-likeness (QED) is 0.618. The van der Waals surface area contributed by atoms with Gasteiger partial charge in [0.2, 0.25) is 0 Å². The van der Waals surface area contributed by atoms with Crippen molar-refractivity contribution < 1.29 is 24.4 Å². The number of rotatable bonds is 10. The molecule has 0 radical (unpaired) electrons. The Kier molecular flexibility index (Phi) is 5.86. The number of phenolic OH excluding ortho intramolecular Hbond substituents is 2. The Morgan fingerprint density at radius 1 is 0.759 bits per heavy atom. The van der Waals surface area contributed by atoms with Crippen molar-refractivity contribution in [3.05, 3.63) is 47.5 Å². The van der Waals surface area contributed by atoms with E-state index in [1.54, 1.807) is 26.4 Å². The number of aromatic hydroxyl groups is 2. The van der Waals surface area contributed by atoms with Crippen LogP contribution < -0.4 is 9.47 Å². The number of hydrogen-bond acceptors (Lipinski definition) is 5. The lowest BCUT2D eigenvalue weighted by molar-refractivity contribution is -0.0338. The summed E-state index contributed by atoms with van der Waals surface area (Å²) in [5.74, 6) is 2.55. The van der Waals surface area contributed by atoms with Crippen LogP contribution in [-0.4, -0.2) is 36.6 Å². The molecule has 4 rings (SSSR count). The fourth-order valence-corrected chi connectivity index (χ4v) is 3.97. The van der Waals surface area contributed by atoms with Crippen LogP contribution in [-0.2, 0) is 17.6 Å². The zero-order valence-electron chi connectivity index (χ0n) is 17.1. The molecule has 0 heterocycles. The summed E-state index contributed by atoms with van der Waals surface area (Å²) in [5, 5.41) is 19.7. The van der Waals surface area contributed by atoms with Crippen molar-refractivity contribution in [2.75, 3.05) is 14.2 Å². The molecular weight excluding hydrogens is 368 g/mol. The lowest BCUT2D eigenvalue weighted by Crippen LogP contribution is -2.29. The molecule has 2 aliphatic rings. The van der Waals surface area contributed by atoms with Crippen LogP contribution in [0.2, 0.25) is 0 Å². The summed E-state index contributed by atoms with van der Waals surface area (Å²) in [6.45, 7) is 0. The molecule has 5 heteroatoms. The molecule has 2 aromatic rings. The molecule has 2 atom stereocenters. The molecule has 29 heavy (non-hydrogen) atoms. The fourth-order valence-electron chi connectivity index (χ4n) is 3.97. The monoisotopic (exact) mass is 398 g/mol. The molecule has 2 aromatic carbocycles. The van der Waals surface area contributed by atoms with Crippen molar-refractivity contribution in [2.24, 2.45) is 11.8 Å². The van der Waals surface area contributed by atoms with E-state index in [0.717, 1.165) is 24.0 Å². The first-order valence-corrected chi connectivity index (χ1v) is 10.4. The Balaban J connectivity index is 1.47. The highest BCUT2D eigenvalue weighted by molar-refractivity contribution is 5.42. The predicted molar refractivity (Wildman–Crippen MR) is 111 cm³/mol. The van der Waals surface area contributed by atoms with Gasteiger partial charge in [0.15, 0.2) is 23.0 Å². The van der Waals surface area contributed by atoms with Gasteiger partial charge in [0.05, 0.1) is 26.4 Å². The van der Waals surface area contributed by atoms with Crippen molar-refractivity contribution in [1.82, 2.24) is 0 Å². The van der Waals surface area contributed by atoms with Gasteiger partial charge in [0.1, 0.15) is 0 Å². The summed E-state index contributed by atoms with van der Waals surface area (Å²) >= 11 is 0. The van der Waals surface area contributed by atoms with Crippen LogP contribution in [0.1, 0.15) is 36.8 Å². The average Bonchev–Trinajstić information content (AvgIpc) is 3.62. The Labute approximate surface area is 172 Å². The molecule has 0 spiro atoms. The largest absolute Gasteiger partial charge is 0.504 e. The highest BCUT2D eigenvalue weighted by atomic mass is 16.5. The molecule has 2 unspecified atom stereocenters. The Morgan fingerprint density at radius 3 is 1.52 bits per heavy atom. The first-order chi connectivity index (χ1) is 14.1. The third kappa shape index (κ3) is 4.96. The molecule has 2 saturated carbocycles. The van der Waals surface area contributed by atoms with Gasteiger partial charge in [-0.05, 0) is 85.8 Å². The fraction of sp³-hybridized carbons (Fsp3) is 0.500. The summed E-state index contributed by atoms with van der Waals surface area (Å²) < 4.78 is 17.2. The average molecular weight is 398 g/mol. The molecule has 0 saturated heterocycles. The van der Waals surface area contributed by atoms with E-state index in [-0.39, 0.29) is 23.7 Å². The Hall–Kier alpha value is -2.40. The van der Waals surface area contributed by atoms with Crippen LogP contribution >= 0.6 is 0 Å². The van der Waals surface area contributed by atoms with E-state index in [1.807, 2.05) is 24.3 Å². The first kappa shape index (κ1) is 19.9. The summed E-state index contributed by atoms with van der Waals surface area (Å²) in [6, 6.07) is 11.1. The van der Waals surface area contributed by atoms with E-state index in [0.29, 0.717) is 23.3 Å². The topological polar surface area (TPSA) is 68.2 Å². The van der Waals surface area contributed by atoms with Crippen LogP contribution in [0.4, 0.5) is 0 Å². The number of benzene rings is 2. The van der Waals surface area contributed by atoms with Crippen molar-refractivity contribution >= 4 is 0 Å². The lowest BCUT2D eigenvalue weighted by Gasteiger charge is -2.26. The number of hydrogen-bond donors (Lipinski definition) is 2. The molecule has 0 bridgehead atoms. The van der Waals surface area contributed by atoms with Gasteiger partial charge in [-0.25, -0.2) is 0 Å². The molecule has 156 valence electrons. The number of methoxy groups -OCH3 is 2. The minimum Gasteiger partial charge on any atom is -0.504 e.